The maximum absolute atomic E-state index is 11.2. The van der Waals surface area contributed by atoms with Gasteiger partial charge in [0.15, 0.2) is 0 Å². The van der Waals surface area contributed by atoms with Crippen LogP contribution in [0.3, 0.4) is 0 Å². The molecule has 0 saturated carbocycles. The number of rotatable bonds is 6. The molecule has 1 fully saturated rings. The topological polar surface area (TPSA) is 66.5 Å². The normalized spacial score (nSPS) is 18.5. The first-order valence-electron chi connectivity index (χ1n) is 7.48. The lowest BCUT2D eigenvalue weighted by atomic mass is 10.3. The summed E-state index contributed by atoms with van der Waals surface area (Å²) in [5, 5.41) is 6.15. The van der Waals surface area contributed by atoms with E-state index < -0.39 is 0 Å². The Bertz CT molecular complexity index is 467. The highest BCUT2D eigenvalue weighted by Gasteiger charge is 2.24. The van der Waals surface area contributed by atoms with Gasteiger partial charge in [-0.25, -0.2) is 9.78 Å². The van der Waals surface area contributed by atoms with Gasteiger partial charge in [0.25, 0.3) is 0 Å². The Hall–Kier alpha value is -1.82. The van der Waals surface area contributed by atoms with Crippen LogP contribution in [0.1, 0.15) is 25.5 Å². The molecule has 1 aliphatic rings. The standard InChI is InChI=1S/C15H24N4O2/c1-3-8-16-14-6-4-5-12(17-14)10-19-9-7-13(11-19)18-15(20)21-2/h4-6,13H,3,7-11H2,1-2H3,(H,16,17)(H,18,20). The summed E-state index contributed by atoms with van der Waals surface area (Å²) in [5.74, 6) is 0.929. The summed E-state index contributed by atoms with van der Waals surface area (Å²) in [6.45, 7) is 5.67. The van der Waals surface area contributed by atoms with E-state index in [1.165, 1.54) is 7.11 Å². The number of ether oxygens (including phenoxy) is 1. The second-order valence-electron chi connectivity index (χ2n) is 5.30. The molecule has 1 unspecified atom stereocenters. The number of nitrogens with zero attached hydrogens (tertiary/aromatic N) is 2. The molecule has 1 aromatic heterocycles. The van der Waals surface area contributed by atoms with Crippen LogP contribution in [0, 0.1) is 0 Å². The van der Waals surface area contributed by atoms with Crippen molar-refractivity contribution >= 4 is 11.9 Å². The summed E-state index contributed by atoms with van der Waals surface area (Å²) in [5.41, 5.74) is 1.05. The summed E-state index contributed by atoms with van der Waals surface area (Å²) >= 11 is 0. The molecule has 0 aliphatic carbocycles. The lowest BCUT2D eigenvalue weighted by molar-refractivity contribution is 0.166. The van der Waals surface area contributed by atoms with Gasteiger partial charge in [0.1, 0.15) is 5.82 Å². The van der Waals surface area contributed by atoms with E-state index >= 15 is 0 Å². The highest BCUT2D eigenvalue weighted by Crippen LogP contribution is 2.14. The van der Waals surface area contributed by atoms with Crippen molar-refractivity contribution in [2.75, 3.05) is 32.1 Å². The third-order valence-electron chi connectivity index (χ3n) is 3.53. The number of hydrogen-bond donors (Lipinski definition) is 2. The van der Waals surface area contributed by atoms with Crippen molar-refractivity contribution in [3.8, 4) is 0 Å². The Kier molecular flexibility index (Phi) is 5.80. The Balaban J connectivity index is 1.83. The molecule has 0 bridgehead atoms. The van der Waals surface area contributed by atoms with Crippen LogP contribution >= 0.6 is 0 Å². The van der Waals surface area contributed by atoms with E-state index in [1.54, 1.807) is 0 Å². The second kappa shape index (κ2) is 7.83. The minimum absolute atomic E-state index is 0.166. The predicted molar refractivity (Wildman–Crippen MR) is 82.2 cm³/mol. The van der Waals surface area contributed by atoms with Crippen LogP contribution in [0.2, 0.25) is 0 Å². The highest BCUT2D eigenvalue weighted by atomic mass is 16.5. The monoisotopic (exact) mass is 292 g/mol. The summed E-state index contributed by atoms with van der Waals surface area (Å²) in [6, 6.07) is 6.22. The van der Waals surface area contributed by atoms with Gasteiger partial charge in [-0.2, -0.15) is 0 Å². The third-order valence-corrected chi connectivity index (χ3v) is 3.53. The Morgan fingerprint density at radius 2 is 2.38 bits per heavy atom. The number of aromatic nitrogens is 1. The summed E-state index contributed by atoms with van der Waals surface area (Å²) < 4.78 is 4.63. The number of likely N-dealkylation sites (tertiary alicyclic amines) is 1. The Labute approximate surface area is 125 Å². The van der Waals surface area contributed by atoms with E-state index in [-0.39, 0.29) is 12.1 Å². The van der Waals surface area contributed by atoms with Crippen LogP contribution in [0.5, 0.6) is 0 Å². The molecule has 0 aromatic carbocycles. The molecule has 6 nitrogen and oxygen atoms in total. The number of nitrogens with one attached hydrogen (secondary N) is 2. The van der Waals surface area contributed by atoms with E-state index in [0.717, 1.165) is 50.5 Å². The molecule has 1 saturated heterocycles. The van der Waals surface area contributed by atoms with Crippen molar-refractivity contribution in [3.63, 3.8) is 0 Å². The third kappa shape index (κ3) is 4.90. The second-order valence-corrected chi connectivity index (χ2v) is 5.30. The fraction of sp³-hybridized carbons (Fsp3) is 0.600. The largest absolute Gasteiger partial charge is 0.453 e. The van der Waals surface area contributed by atoms with Gasteiger partial charge in [-0.1, -0.05) is 13.0 Å². The smallest absolute Gasteiger partial charge is 0.407 e. The van der Waals surface area contributed by atoms with E-state index in [9.17, 15) is 4.79 Å². The lowest BCUT2D eigenvalue weighted by Gasteiger charge is -2.16. The molecular weight excluding hydrogens is 268 g/mol. The van der Waals surface area contributed by atoms with Crippen LogP contribution in [-0.2, 0) is 11.3 Å². The van der Waals surface area contributed by atoms with Crippen LogP contribution in [-0.4, -0.2) is 48.8 Å². The van der Waals surface area contributed by atoms with Crippen molar-refractivity contribution < 1.29 is 9.53 Å². The van der Waals surface area contributed by atoms with Gasteiger partial charge in [-0.15, -0.1) is 0 Å². The summed E-state index contributed by atoms with van der Waals surface area (Å²) in [7, 11) is 1.39. The van der Waals surface area contributed by atoms with Gasteiger partial charge in [0, 0.05) is 32.2 Å². The number of alkyl carbamates (subject to hydrolysis) is 1. The number of methoxy groups -OCH3 is 1. The number of hydrogen-bond acceptors (Lipinski definition) is 5. The molecule has 1 atom stereocenters. The molecule has 1 aliphatic heterocycles. The zero-order chi connectivity index (χ0) is 15.1. The maximum Gasteiger partial charge on any atom is 0.407 e. The van der Waals surface area contributed by atoms with Gasteiger partial charge in [0.2, 0.25) is 0 Å². The first-order chi connectivity index (χ1) is 10.2. The number of anilines is 1. The van der Waals surface area contributed by atoms with E-state index in [4.69, 9.17) is 0 Å². The zero-order valence-corrected chi connectivity index (χ0v) is 12.8. The predicted octanol–water partition coefficient (Wildman–Crippen LogP) is 1.83. The fourth-order valence-corrected chi connectivity index (χ4v) is 2.47. The number of carbonyl (C=O) groups excluding carboxylic acids is 1. The van der Waals surface area contributed by atoms with Crippen LogP contribution in [0.25, 0.3) is 0 Å². The fourth-order valence-electron chi connectivity index (χ4n) is 2.47. The van der Waals surface area contributed by atoms with Crippen molar-refractivity contribution in [1.82, 2.24) is 15.2 Å². The van der Waals surface area contributed by atoms with E-state index in [2.05, 4.69) is 32.2 Å². The Morgan fingerprint density at radius 1 is 1.52 bits per heavy atom. The van der Waals surface area contributed by atoms with Crippen LogP contribution in [0.15, 0.2) is 18.2 Å². The highest BCUT2D eigenvalue weighted by molar-refractivity contribution is 5.67. The molecular formula is C15H24N4O2. The first kappa shape index (κ1) is 15.6. The molecule has 21 heavy (non-hydrogen) atoms. The minimum atomic E-state index is -0.356. The number of amides is 1. The van der Waals surface area contributed by atoms with Gasteiger partial charge in [-0.05, 0) is 25.0 Å². The quantitative estimate of drug-likeness (QED) is 0.837. The van der Waals surface area contributed by atoms with Crippen LogP contribution in [0.4, 0.5) is 10.6 Å². The SMILES string of the molecule is CCCNc1cccc(CN2CCC(NC(=O)OC)C2)n1. The summed E-state index contributed by atoms with van der Waals surface area (Å²) in [6.07, 6.45) is 1.67. The zero-order valence-electron chi connectivity index (χ0n) is 12.8. The maximum atomic E-state index is 11.2. The van der Waals surface area contributed by atoms with Gasteiger partial charge < -0.3 is 15.4 Å². The number of pyridine rings is 1. The molecule has 6 heteroatoms. The molecule has 0 radical (unpaired) electrons. The first-order valence-corrected chi connectivity index (χ1v) is 7.48. The van der Waals surface area contributed by atoms with Gasteiger partial charge >= 0.3 is 6.09 Å². The number of carbonyl (C=O) groups is 1. The van der Waals surface area contributed by atoms with Crippen molar-refractivity contribution in [2.24, 2.45) is 0 Å². The average molecular weight is 292 g/mol. The van der Waals surface area contributed by atoms with Crippen LogP contribution < -0.4 is 10.6 Å². The average Bonchev–Trinajstić information content (AvgIpc) is 2.92. The Morgan fingerprint density at radius 3 is 3.14 bits per heavy atom. The van der Waals surface area contributed by atoms with Gasteiger partial charge in [-0.3, -0.25) is 4.90 Å². The molecule has 1 amide bonds. The van der Waals surface area contributed by atoms with E-state index in [0.29, 0.717) is 0 Å². The molecule has 2 rings (SSSR count). The minimum Gasteiger partial charge on any atom is -0.453 e. The van der Waals surface area contributed by atoms with Crippen molar-refractivity contribution in [1.29, 1.82) is 0 Å². The molecule has 0 spiro atoms. The van der Waals surface area contributed by atoms with Gasteiger partial charge in [0.05, 0.1) is 12.8 Å². The van der Waals surface area contributed by atoms with Crippen molar-refractivity contribution in [2.45, 2.75) is 32.4 Å². The van der Waals surface area contributed by atoms with Crippen molar-refractivity contribution in [3.05, 3.63) is 23.9 Å². The summed E-state index contributed by atoms with van der Waals surface area (Å²) in [4.78, 5) is 18.1. The lowest BCUT2D eigenvalue weighted by Crippen LogP contribution is -2.36. The molecule has 2 N–H and O–H groups in total. The molecule has 116 valence electrons. The molecule has 2 heterocycles. The van der Waals surface area contributed by atoms with E-state index in [1.807, 2.05) is 18.2 Å². The molecule has 1 aromatic rings.